The Kier molecular flexibility index (Phi) is 6.59. The number of ether oxygens (including phenoxy) is 1. The Morgan fingerprint density at radius 2 is 1.61 bits per heavy atom. The van der Waals surface area contributed by atoms with E-state index in [1.807, 2.05) is 48.5 Å². The van der Waals surface area contributed by atoms with Crippen LogP contribution in [0, 0.1) is 0 Å². The molecule has 2 rings (SSSR count). The van der Waals surface area contributed by atoms with Crippen molar-refractivity contribution in [2.45, 2.75) is 19.7 Å². The van der Waals surface area contributed by atoms with Gasteiger partial charge in [-0.05, 0) is 17.2 Å². The summed E-state index contributed by atoms with van der Waals surface area (Å²) >= 11 is 0. The number of carbonyl (C=O) groups excluding carboxylic acids is 1. The molecule has 0 heterocycles. The zero-order valence-electron chi connectivity index (χ0n) is 13.2. The smallest absolute Gasteiger partial charge is 0.257 e. The molecule has 1 amide bonds. The summed E-state index contributed by atoms with van der Waals surface area (Å²) in [6.07, 6.45) is 0. The first-order valence-corrected chi connectivity index (χ1v) is 7.54. The third-order valence-electron chi connectivity index (χ3n) is 3.53. The highest BCUT2D eigenvalue weighted by molar-refractivity contribution is 5.77. The maximum atomic E-state index is 11.3. The van der Waals surface area contributed by atoms with Crippen molar-refractivity contribution in [2.75, 3.05) is 13.7 Å². The third-order valence-corrected chi connectivity index (χ3v) is 3.53. The van der Waals surface area contributed by atoms with Crippen LogP contribution in [0.5, 0.6) is 5.75 Å². The Bertz CT molecular complexity index is 644. The van der Waals surface area contributed by atoms with E-state index < -0.39 is 0 Å². The predicted molar refractivity (Wildman–Crippen MR) is 88.9 cm³/mol. The Morgan fingerprint density at radius 1 is 1.00 bits per heavy atom. The molecule has 0 radical (unpaired) electrons. The molecule has 5 heteroatoms. The lowest BCUT2D eigenvalue weighted by molar-refractivity contribution is -0.122. The van der Waals surface area contributed by atoms with Gasteiger partial charge >= 0.3 is 0 Å². The van der Waals surface area contributed by atoms with Crippen LogP contribution in [0.4, 0.5) is 0 Å². The van der Waals surface area contributed by atoms with E-state index in [0.717, 1.165) is 16.7 Å². The molecule has 0 saturated heterocycles. The van der Waals surface area contributed by atoms with E-state index in [9.17, 15) is 9.90 Å². The molecule has 0 fully saturated rings. The van der Waals surface area contributed by atoms with Crippen molar-refractivity contribution in [1.29, 1.82) is 0 Å². The Hall–Kier alpha value is -2.37. The molecule has 3 N–H and O–H groups in total. The summed E-state index contributed by atoms with van der Waals surface area (Å²) in [6, 6.07) is 15.4. The van der Waals surface area contributed by atoms with Crippen molar-refractivity contribution in [3.63, 3.8) is 0 Å². The molecule has 0 saturated carbocycles. The van der Waals surface area contributed by atoms with Crippen molar-refractivity contribution in [3.05, 3.63) is 65.2 Å². The van der Waals surface area contributed by atoms with E-state index in [1.165, 1.54) is 0 Å². The molecule has 0 atom stereocenters. The van der Waals surface area contributed by atoms with Crippen LogP contribution in [-0.2, 0) is 24.5 Å². The topological polar surface area (TPSA) is 70.6 Å². The Morgan fingerprint density at radius 3 is 2.30 bits per heavy atom. The van der Waals surface area contributed by atoms with Gasteiger partial charge in [0.1, 0.15) is 5.75 Å². The van der Waals surface area contributed by atoms with Gasteiger partial charge in [-0.15, -0.1) is 0 Å². The minimum absolute atomic E-state index is 0.000852. The number of benzene rings is 2. The zero-order chi connectivity index (χ0) is 16.5. The number of likely N-dealkylation sites (N-methyl/N-ethyl adjacent to an activating group) is 1. The summed E-state index contributed by atoms with van der Waals surface area (Å²) in [6.45, 7) is 1.30. The molecular formula is C18H22N2O3. The molecule has 0 bridgehead atoms. The second-order valence-corrected chi connectivity index (χ2v) is 5.10. The number of rotatable bonds is 8. The second kappa shape index (κ2) is 8.92. The summed E-state index contributed by atoms with van der Waals surface area (Å²) in [4.78, 5) is 11.3. The lowest BCUT2D eigenvalue weighted by atomic mass is 10.1. The largest absolute Gasteiger partial charge is 0.483 e. The molecule has 0 aliphatic rings. The van der Waals surface area contributed by atoms with Crippen LogP contribution in [0.2, 0.25) is 0 Å². The first-order valence-electron chi connectivity index (χ1n) is 7.54. The molecule has 0 unspecified atom stereocenters. The predicted octanol–water partition coefficient (Wildman–Crippen LogP) is 1.59. The van der Waals surface area contributed by atoms with Crippen LogP contribution in [0.15, 0.2) is 48.5 Å². The summed E-state index contributed by atoms with van der Waals surface area (Å²) < 4.78 is 5.55. The first-order chi connectivity index (χ1) is 11.2. The number of aliphatic hydroxyl groups excluding tert-OH is 1. The Balaban J connectivity index is 1.94. The number of carbonyl (C=O) groups is 1. The zero-order valence-corrected chi connectivity index (χ0v) is 13.2. The Labute approximate surface area is 136 Å². The van der Waals surface area contributed by atoms with Crippen molar-refractivity contribution < 1.29 is 14.6 Å². The summed E-state index contributed by atoms with van der Waals surface area (Å²) in [5, 5.41) is 15.2. The molecule has 2 aromatic rings. The van der Waals surface area contributed by atoms with Crippen LogP contribution < -0.4 is 15.4 Å². The van der Waals surface area contributed by atoms with Gasteiger partial charge in [-0.25, -0.2) is 0 Å². The van der Waals surface area contributed by atoms with E-state index >= 15 is 0 Å². The molecule has 5 nitrogen and oxygen atoms in total. The quantitative estimate of drug-likeness (QED) is 0.692. The third kappa shape index (κ3) is 5.09. The summed E-state index contributed by atoms with van der Waals surface area (Å²) in [5.74, 6) is 0.531. The van der Waals surface area contributed by atoms with E-state index in [-0.39, 0.29) is 19.1 Å². The lowest BCUT2D eigenvalue weighted by Crippen LogP contribution is -2.25. The van der Waals surface area contributed by atoms with E-state index in [0.29, 0.717) is 18.8 Å². The summed E-state index contributed by atoms with van der Waals surface area (Å²) in [5.41, 5.74) is 2.97. The number of hydrogen-bond donors (Lipinski definition) is 3. The number of hydrogen-bond acceptors (Lipinski definition) is 4. The fourth-order valence-electron chi connectivity index (χ4n) is 2.22. The highest BCUT2D eigenvalue weighted by Crippen LogP contribution is 2.18. The van der Waals surface area contributed by atoms with Crippen LogP contribution >= 0.6 is 0 Å². The SMILES string of the molecule is CNC(=O)COc1ccccc1CNCc1ccccc1CO. The number of nitrogens with one attached hydrogen (secondary N) is 2. The van der Waals surface area contributed by atoms with Gasteiger partial charge in [0.15, 0.2) is 6.61 Å². The fourth-order valence-corrected chi connectivity index (χ4v) is 2.22. The number of para-hydroxylation sites is 1. The van der Waals surface area contributed by atoms with Gasteiger partial charge in [0.2, 0.25) is 0 Å². The fraction of sp³-hybridized carbons (Fsp3) is 0.278. The molecule has 0 aromatic heterocycles. The molecular weight excluding hydrogens is 292 g/mol. The minimum atomic E-state index is -0.162. The van der Waals surface area contributed by atoms with Gasteiger partial charge < -0.3 is 20.5 Å². The molecule has 23 heavy (non-hydrogen) atoms. The highest BCUT2D eigenvalue weighted by atomic mass is 16.5. The van der Waals surface area contributed by atoms with Crippen LogP contribution in [0.1, 0.15) is 16.7 Å². The summed E-state index contributed by atoms with van der Waals surface area (Å²) in [7, 11) is 1.58. The molecule has 0 spiro atoms. The normalized spacial score (nSPS) is 10.3. The van der Waals surface area contributed by atoms with E-state index in [1.54, 1.807) is 7.05 Å². The van der Waals surface area contributed by atoms with Crippen LogP contribution in [-0.4, -0.2) is 24.7 Å². The van der Waals surface area contributed by atoms with Crippen LogP contribution in [0.25, 0.3) is 0 Å². The lowest BCUT2D eigenvalue weighted by Gasteiger charge is -2.13. The van der Waals surface area contributed by atoms with Gasteiger partial charge in [-0.1, -0.05) is 42.5 Å². The molecule has 122 valence electrons. The maximum Gasteiger partial charge on any atom is 0.257 e. The van der Waals surface area contributed by atoms with Gasteiger partial charge in [-0.2, -0.15) is 0 Å². The van der Waals surface area contributed by atoms with E-state index in [2.05, 4.69) is 10.6 Å². The average Bonchev–Trinajstić information content (AvgIpc) is 2.61. The van der Waals surface area contributed by atoms with Crippen LogP contribution in [0.3, 0.4) is 0 Å². The van der Waals surface area contributed by atoms with Crippen molar-refractivity contribution in [2.24, 2.45) is 0 Å². The average molecular weight is 314 g/mol. The molecule has 0 aliphatic heterocycles. The van der Waals surface area contributed by atoms with Crippen molar-refractivity contribution in [3.8, 4) is 5.75 Å². The standard InChI is InChI=1S/C18H22N2O3/c1-19-18(22)13-23-17-9-5-4-7-15(17)11-20-10-14-6-2-3-8-16(14)12-21/h2-9,20-21H,10-13H2,1H3,(H,19,22). The van der Waals surface area contributed by atoms with E-state index in [4.69, 9.17) is 4.74 Å². The highest BCUT2D eigenvalue weighted by Gasteiger charge is 2.06. The first kappa shape index (κ1) is 17.0. The van der Waals surface area contributed by atoms with Gasteiger partial charge in [0.05, 0.1) is 6.61 Å². The van der Waals surface area contributed by atoms with Crippen molar-refractivity contribution >= 4 is 5.91 Å². The molecule has 0 aliphatic carbocycles. The monoisotopic (exact) mass is 314 g/mol. The number of amides is 1. The maximum absolute atomic E-state index is 11.3. The molecule has 2 aromatic carbocycles. The van der Waals surface area contributed by atoms with Gasteiger partial charge in [-0.3, -0.25) is 4.79 Å². The number of aliphatic hydroxyl groups is 1. The van der Waals surface area contributed by atoms with Gasteiger partial charge in [0, 0.05) is 25.7 Å². The second-order valence-electron chi connectivity index (χ2n) is 5.10. The van der Waals surface area contributed by atoms with Crippen molar-refractivity contribution in [1.82, 2.24) is 10.6 Å². The minimum Gasteiger partial charge on any atom is -0.483 e. The van der Waals surface area contributed by atoms with Gasteiger partial charge in [0.25, 0.3) is 5.91 Å².